The monoisotopic (exact) mass is 262 g/mol. The lowest BCUT2D eigenvalue weighted by molar-refractivity contribution is -0.123. The van der Waals surface area contributed by atoms with E-state index in [1.165, 1.54) is 10.6 Å². The molecular weight excluding hydrogens is 240 g/mol. The molecule has 5 nitrogen and oxygen atoms in total. The minimum absolute atomic E-state index is 0.122. The van der Waals surface area contributed by atoms with Crippen molar-refractivity contribution in [2.75, 3.05) is 25.9 Å². The molecule has 0 amide bonds. The lowest BCUT2D eigenvalue weighted by Crippen LogP contribution is -2.40. The van der Waals surface area contributed by atoms with Crippen LogP contribution in [0.2, 0.25) is 0 Å². The molecule has 2 unspecified atom stereocenters. The van der Waals surface area contributed by atoms with E-state index >= 15 is 0 Å². The second kappa shape index (κ2) is 5.93. The average Bonchev–Trinajstić information content (AvgIpc) is 2.27. The Labute approximate surface area is 103 Å². The second-order valence-electron chi connectivity index (χ2n) is 4.94. The Bertz CT molecular complexity index is 367. The molecule has 0 spiro atoms. The Balaban J connectivity index is 2.53. The molecular formula is C11H22N2O3S. The molecule has 2 atom stereocenters. The van der Waals surface area contributed by atoms with Crippen LogP contribution in [-0.4, -0.2) is 44.4 Å². The zero-order valence-corrected chi connectivity index (χ0v) is 11.4. The van der Waals surface area contributed by atoms with Crippen LogP contribution >= 0.6 is 0 Å². The van der Waals surface area contributed by atoms with Gasteiger partial charge in [-0.05, 0) is 18.8 Å². The molecule has 2 N–H and O–H groups in total. The zero-order valence-electron chi connectivity index (χ0n) is 10.6. The van der Waals surface area contributed by atoms with E-state index in [4.69, 9.17) is 5.73 Å². The fraction of sp³-hybridized carbons (Fsp3) is 0.909. The van der Waals surface area contributed by atoms with Crippen LogP contribution < -0.4 is 5.73 Å². The summed E-state index contributed by atoms with van der Waals surface area (Å²) >= 11 is 0. The van der Waals surface area contributed by atoms with Crippen LogP contribution in [0.1, 0.15) is 26.2 Å². The van der Waals surface area contributed by atoms with Crippen molar-refractivity contribution < 1.29 is 13.2 Å². The Kier molecular flexibility index (Phi) is 5.09. The first-order chi connectivity index (χ1) is 7.84. The van der Waals surface area contributed by atoms with Gasteiger partial charge >= 0.3 is 0 Å². The molecule has 100 valence electrons. The van der Waals surface area contributed by atoms with Gasteiger partial charge in [-0.3, -0.25) is 4.79 Å². The number of ketones is 1. The molecule has 0 radical (unpaired) electrons. The number of Topliss-reactive ketones (excluding diaryl/α,β-unsaturated/α-hetero) is 1. The minimum Gasteiger partial charge on any atom is -0.330 e. The number of nitrogens with two attached hydrogens (primary N) is 1. The smallest absolute Gasteiger partial charge is 0.211 e. The minimum atomic E-state index is -3.12. The van der Waals surface area contributed by atoms with Gasteiger partial charge in [-0.1, -0.05) is 6.92 Å². The quantitative estimate of drug-likeness (QED) is 0.768. The summed E-state index contributed by atoms with van der Waals surface area (Å²) in [7, 11) is -3.12. The summed E-state index contributed by atoms with van der Waals surface area (Å²) in [5.41, 5.74) is 5.45. The first kappa shape index (κ1) is 14.6. The number of sulfonamides is 1. The molecule has 1 aliphatic heterocycles. The number of hydrogen-bond acceptors (Lipinski definition) is 4. The number of hydrogen-bond donors (Lipinski definition) is 1. The van der Waals surface area contributed by atoms with Crippen molar-refractivity contribution in [1.82, 2.24) is 4.31 Å². The summed E-state index contributed by atoms with van der Waals surface area (Å²) < 4.78 is 24.3. The summed E-state index contributed by atoms with van der Waals surface area (Å²) in [6.07, 6.45) is 3.43. The molecule has 1 fully saturated rings. The van der Waals surface area contributed by atoms with Crippen LogP contribution in [0.15, 0.2) is 0 Å². The van der Waals surface area contributed by atoms with Gasteiger partial charge in [-0.15, -0.1) is 0 Å². The SMILES string of the molecule is CC(CN)C(=O)CC1CCCN(S(C)(=O)=O)C1. The molecule has 1 rings (SSSR count). The first-order valence-corrected chi connectivity index (χ1v) is 7.87. The normalized spacial score (nSPS) is 24.5. The summed E-state index contributed by atoms with van der Waals surface area (Å²) in [6.45, 7) is 3.23. The lowest BCUT2D eigenvalue weighted by atomic mass is 9.90. The van der Waals surface area contributed by atoms with Crippen LogP contribution in [0, 0.1) is 11.8 Å². The van der Waals surface area contributed by atoms with Crippen molar-refractivity contribution in [2.45, 2.75) is 26.2 Å². The highest BCUT2D eigenvalue weighted by Crippen LogP contribution is 2.22. The van der Waals surface area contributed by atoms with Crippen molar-refractivity contribution in [3.8, 4) is 0 Å². The highest BCUT2D eigenvalue weighted by Gasteiger charge is 2.27. The van der Waals surface area contributed by atoms with E-state index in [0.717, 1.165) is 12.8 Å². The number of piperidine rings is 1. The van der Waals surface area contributed by atoms with E-state index in [1.54, 1.807) is 0 Å². The van der Waals surface area contributed by atoms with E-state index in [-0.39, 0.29) is 17.6 Å². The summed E-state index contributed by atoms with van der Waals surface area (Å²) in [4.78, 5) is 11.8. The molecule has 0 bridgehead atoms. The maximum absolute atomic E-state index is 11.8. The van der Waals surface area contributed by atoms with Gasteiger partial charge in [-0.25, -0.2) is 12.7 Å². The highest BCUT2D eigenvalue weighted by atomic mass is 32.2. The van der Waals surface area contributed by atoms with Gasteiger partial charge in [0.25, 0.3) is 0 Å². The third kappa shape index (κ3) is 4.37. The Morgan fingerprint density at radius 3 is 2.71 bits per heavy atom. The third-order valence-electron chi connectivity index (χ3n) is 3.34. The molecule has 17 heavy (non-hydrogen) atoms. The van der Waals surface area contributed by atoms with Crippen molar-refractivity contribution in [2.24, 2.45) is 17.6 Å². The zero-order chi connectivity index (χ0) is 13.1. The Hall–Kier alpha value is -0.460. The fourth-order valence-electron chi connectivity index (χ4n) is 2.11. The topological polar surface area (TPSA) is 80.5 Å². The Morgan fingerprint density at radius 1 is 1.53 bits per heavy atom. The van der Waals surface area contributed by atoms with Gasteiger partial charge in [0.05, 0.1) is 6.26 Å². The predicted octanol–water partition coefficient (Wildman–Crippen LogP) is 0.212. The van der Waals surface area contributed by atoms with Crippen LogP contribution in [-0.2, 0) is 14.8 Å². The molecule has 6 heteroatoms. The third-order valence-corrected chi connectivity index (χ3v) is 4.61. The maximum atomic E-state index is 11.8. The van der Waals surface area contributed by atoms with Crippen LogP contribution in [0.3, 0.4) is 0 Å². The fourth-order valence-corrected chi connectivity index (χ4v) is 3.05. The summed E-state index contributed by atoms with van der Waals surface area (Å²) in [5.74, 6) is 0.177. The number of carbonyl (C=O) groups is 1. The molecule has 1 heterocycles. The molecule has 0 aliphatic carbocycles. The van der Waals surface area contributed by atoms with Gasteiger partial charge in [0.15, 0.2) is 0 Å². The summed E-state index contributed by atoms with van der Waals surface area (Å²) in [6, 6.07) is 0. The molecule has 0 aromatic carbocycles. The van der Waals surface area contributed by atoms with Gasteiger partial charge in [-0.2, -0.15) is 0 Å². The van der Waals surface area contributed by atoms with Crippen molar-refractivity contribution in [3.05, 3.63) is 0 Å². The number of rotatable bonds is 5. The molecule has 0 aromatic rings. The van der Waals surface area contributed by atoms with Gasteiger partial charge in [0.1, 0.15) is 5.78 Å². The maximum Gasteiger partial charge on any atom is 0.211 e. The van der Waals surface area contributed by atoms with Crippen molar-refractivity contribution >= 4 is 15.8 Å². The largest absolute Gasteiger partial charge is 0.330 e. The molecule has 1 aliphatic rings. The van der Waals surface area contributed by atoms with Gasteiger partial charge < -0.3 is 5.73 Å². The van der Waals surface area contributed by atoms with E-state index in [1.807, 2.05) is 6.92 Å². The van der Waals surface area contributed by atoms with E-state index in [2.05, 4.69) is 0 Å². The van der Waals surface area contributed by atoms with Crippen molar-refractivity contribution in [1.29, 1.82) is 0 Å². The number of carbonyl (C=O) groups excluding carboxylic acids is 1. The van der Waals surface area contributed by atoms with Crippen LogP contribution in [0.25, 0.3) is 0 Å². The first-order valence-electron chi connectivity index (χ1n) is 6.02. The van der Waals surface area contributed by atoms with Crippen LogP contribution in [0.4, 0.5) is 0 Å². The highest BCUT2D eigenvalue weighted by molar-refractivity contribution is 7.88. The predicted molar refractivity (Wildman–Crippen MR) is 67.0 cm³/mol. The average molecular weight is 262 g/mol. The van der Waals surface area contributed by atoms with Crippen molar-refractivity contribution in [3.63, 3.8) is 0 Å². The standard InChI is InChI=1S/C11H22N2O3S/c1-9(7-12)11(14)6-10-4-3-5-13(8-10)17(2,15)16/h9-10H,3-8,12H2,1-2H3. The van der Waals surface area contributed by atoms with E-state index in [0.29, 0.717) is 26.1 Å². The van der Waals surface area contributed by atoms with Gasteiger partial charge in [0, 0.05) is 32.0 Å². The molecule has 1 saturated heterocycles. The van der Waals surface area contributed by atoms with Crippen LogP contribution in [0.5, 0.6) is 0 Å². The van der Waals surface area contributed by atoms with E-state index < -0.39 is 10.0 Å². The van der Waals surface area contributed by atoms with Gasteiger partial charge in [0.2, 0.25) is 10.0 Å². The summed E-state index contributed by atoms with van der Waals surface area (Å²) in [5, 5.41) is 0. The molecule has 0 saturated carbocycles. The second-order valence-corrected chi connectivity index (χ2v) is 6.92. The number of nitrogens with zero attached hydrogens (tertiary/aromatic N) is 1. The Morgan fingerprint density at radius 2 is 2.18 bits per heavy atom. The lowest BCUT2D eigenvalue weighted by Gasteiger charge is -2.30. The molecule has 0 aromatic heterocycles. The van der Waals surface area contributed by atoms with E-state index in [9.17, 15) is 13.2 Å².